The molecule has 5 heteroatoms. The third kappa shape index (κ3) is 5.63. The predicted octanol–water partition coefficient (Wildman–Crippen LogP) is 1.43. The Morgan fingerprint density at radius 2 is 2.08 bits per heavy atom. The van der Waals surface area contributed by atoms with Crippen molar-refractivity contribution in [2.45, 2.75) is 19.8 Å². The summed E-state index contributed by atoms with van der Waals surface area (Å²) in [5.41, 5.74) is 0. The number of unbranched alkanes of at least 4 members (excludes halogenated alkanes) is 1. The van der Waals surface area contributed by atoms with E-state index in [0.29, 0.717) is 6.61 Å². The van der Waals surface area contributed by atoms with Crippen LogP contribution in [-0.4, -0.2) is 29.0 Å². The Balaban J connectivity index is 3.56. The predicted molar refractivity (Wildman–Crippen MR) is 50.8 cm³/mol. The van der Waals surface area contributed by atoms with E-state index in [4.69, 9.17) is 9.84 Å². The summed E-state index contributed by atoms with van der Waals surface area (Å²) in [5, 5.41) is 9.31. The molecule has 0 aromatic carbocycles. The summed E-state index contributed by atoms with van der Waals surface area (Å²) >= 11 is 3.23. The number of carboxylic acid groups (broad SMARTS) is 1. The lowest BCUT2D eigenvalue weighted by Crippen LogP contribution is -2.23. The average molecular weight is 253 g/mol. The van der Waals surface area contributed by atoms with Crippen molar-refractivity contribution in [3.05, 3.63) is 0 Å². The van der Waals surface area contributed by atoms with E-state index in [2.05, 4.69) is 15.9 Å². The summed E-state index contributed by atoms with van der Waals surface area (Å²) < 4.78 is 4.73. The molecule has 0 rings (SSSR count). The second-order valence-electron chi connectivity index (χ2n) is 2.62. The van der Waals surface area contributed by atoms with E-state index < -0.39 is 17.9 Å². The molecule has 0 fully saturated rings. The van der Waals surface area contributed by atoms with Crippen molar-refractivity contribution in [2.75, 3.05) is 11.9 Å². The number of alkyl halides is 1. The van der Waals surface area contributed by atoms with Gasteiger partial charge in [0.1, 0.15) is 0 Å². The number of carbonyl (C=O) groups excluding carboxylic acids is 1. The van der Waals surface area contributed by atoms with Crippen LogP contribution in [0.1, 0.15) is 19.8 Å². The summed E-state index contributed by atoms with van der Waals surface area (Å²) in [4.78, 5) is 21.3. The highest BCUT2D eigenvalue weighted by Crippen LogP contribution is 2.00. The van der Waals surface area contributed by atoms with Crippen LogP contribution >= 0.6 is 15.9 Å². The van der Waals surface area contributed by atoms with E-state index in [0.717, 1.165) is 18.2 Å². The van der Waals surface area contributed by atoms with Crippen LogP contribution in [0.25, 0.3) is 0 Å². The molecule has 0 spiro atoms. The number of aliphatic carboxylic acids is 1. The number of esters is 1. The monoisotopic (exact) mass is 252 g/mol. The van der Waals surface area contributed by atoms with Gasteiger partial charge < -0.3 is 9.84 Å². The molecule has 1 atom stereocenters. The van der Waals surface area contributed by atoms with Crippen molar-refractivity contribution in [1.82, 2.24) is 0 Å². The van der Waals surface area contributed by atoms with Gasteiger partial charge in [-0.05, 0) is 19.8 Å². The smallest absolute Gasteiger partial charge is 0.320 e. The van der Waals surface area contributed by atoms with E-state index >= 15 is 0 Å². The number of hydrogen-bond donors (Lipinski definition) is 1. The largest absolute Gasteiger partial charge is 0.481 e. The number of ether oxygens (including phenoxy) is 1. The Morgan fingerprint density at radius 3 is 2.54 bits per heavy atom. The van der Waals surface area contributed by atoms with E-state index in [-0.39, 0.29) is 0 Å². The van der Waals surface area contributed by atoms with Gasteiger partial charge in [0.25, 0.3) is 0 Å². The molecule has 0 saturated carbocycles. The van der Waals surface area contributed by atoms with Crippen LogP contribution in [0.4, 0.5) is 0 Å². The summed E-state index contributed by atoms with van der Waals surface area (Å²) in [5.74, 6) is -2.88. The van der Waals surface area contributed by atoms with Gasteiger partial charge in [0, 0.05) is 5.33 Å². The van der Waals surface area contributed by atoms with E-state index in [1.54, 1.807) is 0 Å². The van der Waals surface area contributed by atoms with Gasteiger partial charge in [0.2, 0.25) is 0 Å². The Hall–Kier alpha value is -0.580. The molecule has 0 aromatic heterocycles. The summed E-state index contributed by atoms with van der Waals surface area (Å²) in [6.07, 6.45) is 1.66. The van der Waals surface area contributed by atoms with Crippen LogP contribution in [0.3, 0.4) is 0 Å². The quantitative estimate of drug-likeness (QED) is 0.336. The van der Waals surface area contributed by atoms with Gasteiger partial charge in [-0.15, -0.1) is 0 Å². The molecule has 0 aliphatic carbocycles. The van der Waals surface area contributed by atoms with Crippen molar-refractivity contribution in [3.8, 4) is 0 Å². The maximum Gasteiger partial charge on any atom is 0.320 e. The fourth-order valence-electron chi connectivity index (χ4n) is 0.595. The molecule has 0 bridgehead atoms. The molecule has 0 heterocycles. The number of carboxylic acids is 1. The topological polar surface area (TPSA) is 63.6 Å². The van der Waals surface area contributed by atoms with Crippen LogP contribution in [0, 0.1) is 5.92 Å². The van der Waals surface area contributed by atoms with Crippen molar-refractivity contribution in [1.29, 1.82) is 0 Å². The molecule has 0 aliphatic rings. The van der Waals surface area contributed by atoms with Gasteiger partial charge >= 0.3 is 11.9 Å². The van der Waals surface area contributed by atoms with Crippen LogP contribution in [0.5, 0.6) is 0 Å². The Labute approximate surface area is 85.4 Å². The van der Waals surface area contributed by atoms with Crippen LogP contribution in [0.15, 0.2) is 0 Å². The highest BCUT2D eigenvalue weighted by molar-refractivity contribution is 9.09. The van der Waals surface area contributed by atoms with Crippen molar-refractivity contribution < 1.29 is 19.4 Å². The maximum atomic E-state index is 10.9. The lowest BCUT2D eigenvalue weighted by Gasteiger charge is -2.06. The minimum absolute atomic E-state index is 0.294. The number of rotatable bonds is 6. The average Bonchev–Trinajstić information content (AvgIpc) is 2.10. The molecule has 0 aromatic rings. The first-order valence-electron chi connectivity index (χ1n) is 4.05. The Kier molecular flexibility index (Phi) is 6.58. The number of hydrogen-bond acceptors (Lipinski definition) is 3. The van der Waals surface area contributed by atoms with Gasteiger partial charge in [0.15, 0.2) is 5.92 Å². The number of halogens is 1. The first-order valence-corrected chi connectivity index (χ1v) is 5.17. The maximum absolute atomic E-state index is 10.9. The van der Waals surface area contributed by atoms with Crippen LogP contribution in [-0.2, 0) is 14.3 Å². The third-order valence-electron chi connectivity index (χ3n) is 1.50. The summed E-state index contributed by atoms with van der Waals surface area (Å²) in [6, 6.07) is 0. The van der Waals surface area contributed by atoms with Crippen molar-refractivity contribution in [2.24, 2.45) is 5.92 Å². The lowest BCUT2D eigenvalue weighted by atomic mass is 10.2. The molecule has 4 nitrogen and oxygen atoms in total. The van der Waals surface area contributed by atoms with Crippen molar-refractivity contribution >= 4 is 27.9 Å². The first kappa shape index (κ1) is 12.4. The fourth-order valence-corrected chi connectivity index (χ4v) is 0.992. The summed E-state index contributed by atoms with van der Waals surface area (Å²) in [6.45, 7) is 1.61. The molecular formula is C8H13BrO4. The first-order chi connectivity index (χ1) is 6.09. The SMILES string of the molecule is CC(C(=O)O)C(=O)OCCCCBr. The minimum Gasteiger partial charge on any atom is -0.481 e. The molecule has 0 saturated heterocycles. The van der Waals surface area contributed by atoms with Gasteiger partial charge in [-0.3, -0.25) is 9.59 Å². The zero-order valence-electron chi connectivity index (χ0n) is 7.46. The Morgan fingerprint density at radius 1 is 1.46 bits per heavy atom. The standard InChI is InChI=1S/C8H13BrO4/c1-6(7(10)11)8(12)13-5-3-2-4-9/h6H,2-5H2,1H3,(H,10,11). The minimum atomic E-state index is -1.15. The molecule has 13 heavy (non-hydrogen) atoms. The van der Waals surface area contributed by atoms with E-state index in [1.165, 1.54) is 6.92 Å². The molecule has 76 valence electrons. The highest BCUT2D eigenvalue weighted by Gasteiger charge is 2.21. The fraction of sp³-hybridized carbons (Fsp3) is 0.750. The molecule has 0 amide bonds. The second kappa shape index (κ2) is 6.88. The molecular weight excluding hydrogens is 240 g/mol. The normalized spacial score (nSPS) is 12.2. The molecule has 0 radical (unpaired) electrons. The molecule has 1 unspecified atom stereocenters. The second-order valence-corrected chi connectivity index (χ2v) is 3.42. The van der Waals surface area contributed by atoms with Gasteiger partial charge in [-0.1, -0.05) is 15.9 Å². The van der Waals surface area contributed by atoms with Crippen LogP contribution in [0.2, 0.25) is 0 Å². The zero-order valence-corrected chi connectivity index (χ0v) is 9.04. The van der Waals surface area contributed by atoms with Gasteiger partial charge in [-0.25, -0.2) is 0 Å². The lowest BCUT2D eigenvalue weighted by molar-refractivity contribution is -0.157. The third-order valence-corrected chi connectivity index (χ3v) is 2.06. The highest BCUT2D eigenvalue weighted by atomic mass is 79.9. The summed E-state index contributed by atoms with van der Waals surface area (Å²) in [7, 11) is 0. The van der Waals surface area contributed by atoms with Crippen LogP contribution < -0.4 is 0 Å². The van der Waals surface area contributed by atoms with Gasteiger partial charge in [0.05, 0.1) is 6.61 Å². The van der Waals surface area contributed by atoms with E-state index in [9.17, 15) is 9.59 Å². The molecule has 0 aliphatic heterocycles. The zero-order chi connectivity index (χ0) is 10.3. The number of carbonyl (C=O) groups is 2. The van der Waals surface area contributed by atoms with E-state index in [1.807, 2.05) is 0 Å². The Bertz CT molecular complexity index is 181. The van der Waals surface area contributed by atoms with Crippen molar-refractivity contribution in [3.63, 3.8) is 0 Å². The molecule has 1 N–H and O–H groups in total. The van der Waals surface area contributed by atoms with Gasteiger partial charge in [-0.2, -0.15) is 0 Å².